The van der Waals surface area contributed by atoms with Gasteiger partial charge in [0.1, 0.15) is 5.82 Å². The largest absolute Gasteiger partial charge is 0.379 e. The molecule has 0 saturated carbocycles. The zero-order valence-electron chi connectivity index (χ0n) is 17.9. The Balaban J connectivity index is 1.38. The fourth-order valence-corrected chi connectivity index (χ4v) is 4.79. The van der Waals surface area contributed by atoms with Crippen LogP contribution in [0.1, 0.15) is 0 Å². The van der Waals surface area contributed by atoms with Crippen LogP contribution in [-0.4, -0.2) is 106 Å². The zero-order chi connectivity index (χ0) is 21.1. The zero-order valence-corrected chi connectivity index (χ0v) is 17.9. The van der Waals surface area contributed by atoms with E-state index in [0.717, 1.165) is 39.3 Å². The normalized spacial score (nSPS) is 28.7. The van der Waals surface area contributed by atoms with Crippen LogP contribution >= 0.6 is 0 Å². The quantitative estimate of drug-likeness (QED) is 0.762. The summed E-state index contributed by atoms with van der Waals surface area (Å²) in [6, 6.07) is 10.5. The van der Waals surface area contributed by atoms with Crippen LogP contribution in [0.4, 0.5) is 10.1 Å². The molecular weight excluding hydrogens is 399 g/mol. The number of benzene rings is 1. The summed E-state index contributed by atoms with van der Waals surface area (Å²) in [5.74, 6) is -0.584. The highest BCUT2D eigenvalue weighted by molar-refractivity contribution is 5.78. The van der Waals surface area contributed by atoms with Crippen molar-refractivity contribution < 1.29 is 13.9 Å². The first-order chi connectivity index (χ1) is 15.3. The Kier molecular flexibility index (Phi) is 6.08. The average Bonchev–Trinajstić information content (AvgIpc) is 2.86. The van der Waals surface area contributed by atoms with E-state index in [0.29, 0.717) is 45.3 Å². The first-order valence-corrected chi connectivity index (χ1v) is 11.2. The number of ether oxygens (including phenoxy) is 2. The molecule has 1 unspecified atom stereocenters. The molecule has 0 amide bonds. The van der Waals surface area contributed by atoms with Gasteiger partial charge in [-0.15, -0.1) is 0 Å². The van der Waals surface area contributed by atoms with Crippen molar-refractivity contribution in [2.75, 3.05) is 83.7 Å². The Morgan fingerprint density at radius 3 is 2.06 bits per heavy atom. The molecule has 1 atom stereocenters. The second-order valence-corrected chi connectivity index (χ2v) is 8.22. The predicted molar refractivity (Wildman–Crippen MR) is 118 cm³/mol. The number of hydrogen-bond acceptors (Lipinski definition) is 8. The number of piperazine rings is 1. The SMILES string of the molecule is FC1=C(N2CCOCC2)NC(N2CCOCC2)(N2CCN(c3ccccc3)CC2)N=C1. The number of nitrogens with zero attached hydrogens (tertiary/aromatic N) is 5. The van der Waals surface area contributed by atoms with Gasteiger partial charge in [0, 0.05) is 58.0 Å². The molecule has 0 spiro atoms. The molecule has 168 valence electrons. The van der Waals surface area contributed by atoms with Crippen molar-refractivity contribution in [3.8, 4) is 0 Å². The summed E-state index contributed by atoms with van der Waals surface area (Å²) in [6.45, 7) is 8.81. The third-order valence-electron chi connectivity index (χ3n) is 6.49. The molecule has 0 bridgehead atoms. The number of nitrogens with one attached hydrogen (secondary N) is 1. The Hall–Kier alpha value is -2.20. The number of hydrogen-bond donors (Lipinski definition) is 1. The van der Waals surface area contributed by atoms with E-state index in [-0.39, 0.29) is 5.83 Å². The highest BCUT2D eigenvalue weighted by Crippen LogP contribution is 2.30. The lowest BCUT2D eigenvalue weighted by Gasteiger charge is -2.53. The standard InChI is InChI=1S/C22H31FN6O2/c23-20-18-24-22(29-12-16-31-17-13-29,25-21(20)27-10-14-30-15-11-27)28-8-6-26(7-9-28)19-4-2-1-3-5-19/h1-5,18,25H,6-17H2. The molecule has 9 heteroatoms. The first-order valence-electron chi connectivity index (χ1n) is 11.2. The smallest absolute Gasteiger partial charge is 0.251 e. The molecule has 3 fully saturated rings. The number of allylic oxidation sites excluding steroid dienone is 1. The van der Waals surface area contributed by atoms with Crippen LogP contribution in [0.5, 0.6) is 0 Å². The lowest BCUT2D eigenvalue weighted by Crippen LogP contribution is -2.73. The molecule has 1 aromatic carbocycles. The monoisotopic (exact) mass is 430 g/mol. The molecule has 1 N–H and O–H groups in total. The van der Waals surface area contributed by atoms with Crippen LogP contribution in [-0.2, 0) is 9.47 Å². The Bertz CT molecular complexity index is 801. The molecule has 0 radical (unpaired) electrons. The molecule has 5 rings (SSSR count). The number of rotatable bonds is 4. The number of para-hydroxylation sites is 1. The van der Waals surface area contributed by atoms with Gasteiger partial charge in [0.15, 0.2) is 5.83 Å². The van der Waals surface area contributed by atoms with E-state index in [1.165, 1.54) is 11.9 Å². The van der Waals surface area contributed by atoms with Gasteiger partial charge in [-0.2, -0.15) is 0 Å². The van der Waals surface area contributed by atoms with E-state index in [1.54, 1.807) is 0 Å². The minimum atomic E-state index is -0.796. The van der Waals surface area contributed by atoms with E-state index >= 15 is 0 Å². The Labute approximate surface area is 182 Å². The number of anilines is 1. The molecule has 4 heterocycles. The molecule has 8 nitrogen and oxygen atoms in total. The minimum Gasteiger partial charge on any atom is -0.379 e. The number of halogens is 1. The maximum atomic E-state index is 14.9. The maximum absolute atomic E-state index is 14.9. The van der Waals surface area contributed by atoms with Crippen LogP contribution in [0, 0.1) is 0 Å². The van der Waals surface area contributed by atoms with Gasteiger partial charge in [0.25, 0.3) is 5.91 Å². The van der Waals surface area contributed by atoms with Gasteiger partial charge in [-0.05, 0) is 12.1 Å². The van der Waals surface area contributed by atoms with Gasteiger partial charge in [0.05, 0.1) is 32.6 Å². The Morgan fingerprint density at radius 1 is 0.774 bits per heavy atom. The van der Waals surface area contributed by atoms with E-state index in [9.17, 15) is 4.39 Å². The molecular formula is C22H31FN6O2. The summed E-state index contributed by atoms with van der Waals surface area (Å²) in [5, 5.41) is 3.54. The van der Waals surface area contributed by atoms with Crippen LogP contribution in [0.2, 0.25) is 0 Å². The molecule has 31 heavy (non-hydrogen) atoms. The van der Waals surface area contributed by atoms with E-state index in [1.807, 2.05) is 11.0 Å². The summed E-state index contributed by atoms with van der Waals surface area (Å²) in [4.78, 5) is 13.9. The number of morpholine rings is 2. The second kappa shape index (κ2) is 9.12. The molecule has 0 aliphatic carbocycles. The van der Waals surface area contributed by atoms with Gasteiger partial charge in [-0.3, -0.25) is 0 Å². The fourth-order valence-electron chi connectivity index (χ4n) is 4.79. The topological polar surface area (TPSA) is 55.8 Å². The summed E-state index contributed by atoms with van der Waals surface area (Å²) in [7, 11) is 0. The van der Waals surface area contributed by atoms with Crippen molar-refractivity contribution >= 4 is 11.9 Å². The molecule has 4 aliphatic rings. The van der Waals surface area contributed by atoms with Crippen molar-refractivity contribution in [2.24, 2.45) is 4.99 Å². The van der Waals surface area contributed by atoms with Gasteiger partial charge in [-0.25, -0.2) is 19.2 Å². The van der Waals surface area contributed by atoms with E-state index in [4.69, 9.17) is 14.5 Å². The van der Waals surface area contributed by atoms with Crippen molar-refractivity contribution in [1.82, 2.24) is 20.0 Å². The summed E-state index contributed by atoms with van der Waals surface area (Å²) < 4.78 is 26.0. The maximum Gasteiger partial charge on any atom is 0.251 e. The molecule has 4 aliphatic heterocycles. The van der Waals surface area contributed by atoms with Crippen molar-refractivity contribution in [1.29, 1.82) is 0 Å². The van der Waals surface area contributed by atoms with Crippen molar-refractivity contribution in [3.63, 3.8) is 0 Å². The fraction of sp³-hybridized carbons (Fsp3) is 0.591. The van der Waals surface area contributed by atoms with Crippen molar-refractivity contribution in [2.45, 2.75) is 5.91 Å². The molecule has 0 aromatic heterocycles. The van der Waals surface area contributed by atoms with Crippen LogP contribution < -0.4 is 10.2 Å². The third-order valence-corrected chi connectivity index (χ3v) is 6.49. The van der Waals surface area contributed by atoms with Gasteiger partial charge in [0.2, 0.25) is 0 Å². The lowest BCUT2D eigenvalue weighted by atomic mass is 10.2. The van der Waals surface area contributed by atoms with Gasteiger partial charge in [-0.1, -0.05) is 18.2 Å². The first kappa shape index (κ1) is 20.7. The molecule has 1 aromatic rings. The summed E-state index contributed by atoms with van der Waals surface area (Å²) in [6.07, 6.45) is 1.40. The van der Waals surface area contributed by atoms with Crippen molar-refractivity contribution in [3.05, 3.63) is 42.0 Å². The van der Waals surface area contributed by atoms with Gasteiger partial charge < -0.3 is 24.6 Å². The third kappa shape index (κ3) is 4.15. The van der Waals surface area contributed by atoms with E-state index < -0.39 is 5.91 Å². The lowest BCUT2D eigenvalue weighted by molar-refractivity contribution is -0.119. The predicted octanol–water partition coefficient (Wildman–Crippen LogP) is 0.897. The van der Waals surface area contributed by atoms with E-state index in [2.05, 4.69) is 44.3 Å². The molecule has 3 saturated heterocycles. The minimum absolute atomic E-state index is 0.311. The van der Waals surface area contributed by atoms with Crippen LogP contribution in [0.3, 0.4) is 0 Å². The highest BCUT2D eigenvalue weighted by Gasteiger charge is 2.47. The van der Waals surface area contributed by atoms with Crippen LogP contribution in [0.25, 0.3) is 0 Å². The second-order valence-electron chi connectivity index (χ2n) is 8.22. The highest BCUT2D eigenvalue weighted by atomic mass is 19.1. The Morgan fingerprint density at radius 2 is 1.39 bits per heavy atom. The van der Waals surface area contributed by atoms with Gasteiger partial charge >= 0.3 is 0 Å². The number of aliphatic imine (C=N–C) groups is 1. The average molecular weight is 431 g/mol. The summed E-state index contributed by atoms with van der Waals surface area (Å²) in [5.41, 5.74) is 1.24. The van der Waals surface area contributed by atoms with Crippen LogP contribution in [0.15, 0.2) is 47.0 Å². The summed E-state index contributed by atoms with van der Waals surface area (Å²) >= 11 is 0.